The van der Waals surface area contributed by atoms with Crippen LogP contribution in [0.3, 0.4) is 0 Å². The number of Topliss-reactive ketones (excluding diaryl/α,β-unsaturated/α-hetero) is 1. The van der Waals surface area contributed by atoms with Gasteiger partial charge in [0.1, 0.15) is 6.07 Å². The van der Waals surface area contributed by atoms with E-state index in [4.69, 9.17) is 4.74 Å². The van der Waals surface area contributed by atoms with Crippen LogP contribution in [-0.2, 0) is 19.1 Å². The number of hydrogen-bond acceptors (Lipinski definition) is 5. The van der Waals surface area contributed by atoms with E-state index in [0.717, 1.165) is 44.1 Å². The molecular formula is C32H43NO4. The maximum atomic E-state index is 13.3. The van der Waals surface area contributed by atoms with Crippen molar-refractivity contribution >= 4 is 17.5 Å². The van der Waals surface area contributed by atoms with Gasteiger partial charge in [0.15, 0.2) is 11.6 Å². The fourth-order valence-corrected chi connectivity index (χ4v) is 8.65. The van der Waals surface area contributed by atoms with Crippen LogP contribution >= 0.6 is 0 Å². The molecule has 5 nitrogen and oxygen atoms in total. The van der Waals surface area contributed by atoms with Crippen molar-refractivity contribution in [2.75, 3.05) is 7.11 Å². The molecule has 37 heavy (non-hydrogen) atoms. The molecule has 1 unspecified atom stereocenters. The van der Waals surface area contributed by atoms with Crippen molar-refractivity contribution in [3.05, 3.63) is 35.5 Å². The van der Waals surface area contributed by atoms with E-state index in [9.17, 15) is 19.6 Å². The molecule has 0 bridgehead atoms. The molecule has 4 rings (SSSR count). The van der Waals surface area contributed by atoms with Crippen LogP contribution in [0.4, 0.5) is 0 Å². The first-order valence-electron chi connectivity index (χ1n) is 13.8. The zero-order chi connectivity index (χ0) is 27.6. The van der Waals surface area contributed by atoms with E-state index in [-0.39, 0.29) is 51.2 Å². The summed E-state index contributed by atoms with van der Waals surface area (Å²) in [7, 11) is 1.49. The van der Waals surface area contributed by atoms with E-state index >= 15 is 0 Å². The normalized spacial score (nSPS) is 41.1. The third kappa shape index (κ3) is 3.98. The van der Waals surface area contributed by atoms with Crippen LogP contribution in [0.1, 0.15) is 92.9 Å². The number of nitrogens with zero attached hydrogens (tertiary/aromatic N) is 1. The van der Waals surface area contributed by atoms with Crippen LogP contribution in [0.5, 0.6) is 0 Å². The van der Waals surface area contributed by atoms with Crippen LogP contribution in [0, 0.1) is 50.2 Å². The molecule has 5 heteroatoms. The molecular weight excluding hydrogens is 462 g/mol. The minimum absolute atomic E-state index is 0.0798. The van der Waals surface area contributed by atoms with E-state index in [1.165, 1.54) is 7.11 Å². The summed E-state index contributed by atoms with van der Waals surface area (Å²) in [6.45, 7) is 17.3. The highest BCUT2D eigenvalue weighted by molar-refractivity contribution is 6.12. The zero-order valence-electron chi connectivity index (χ0n) is 23.8. The first-order chi connectivity index (χ1) is 17.1. The monoisotopic (exact) mass is 505 g/mol. The van der Waals surface area contributed by atoms with Crippen molar-refractivity contribution in [3.63, 3.8) is 0 Å². The SMILES string of the molecule is C=C1C(=O)C(C#N)=C[C@]2(C)C3=CC(=O)C[C@@](C)(CC[C@@]4(C(=O)OC)CCC(C)(C)CC4C)[C@]3(C)CC[C@@H]12. The van der Waals surface area contributed by atoms with E-state index in [0.29, 0.717) is 18.4 Å². The number of carbonyl (C=O) groups is 3. The van der Waals surface area contributed by atoms with Gasteiger partial charge in [-0.25, -0.2) is 0 Å². The average Bonchev–Trinajstić information content (AvgIpc) is 2.82. The van der Waals surface area contributed by atoms with Crippen molar-refractivity contribution in [3.8, 4) is 6.07 Å². The Morgan fingerprint density at radius 1 is 1.14 bits per heavy atom. The van der Waals surface area contributed by atoms with Crippen LogP contribution in [0.2, 0.25) is 0 Å². The van der Waals surface area contributed by atoms with Gasteiger partial charge in [0, 0.05) is 11.8 Å². The second-order valence-corrected chi connectivity index (χ2v) is 13.9. The summed E-state index contributed by atoms with van der Waals surface area (Å²) in [6.07, 6.45) is 9.81. The predicted molar refractivity (Wildman–Crippen MR) is 143 cm³/mol. The lowest BCUT2D eigenvalue weighted by molar-refractivity contribution is -0.163. The van der Waals surface area contributed by atoms with Crippen LogP contribution in [-0.4, -0.2) is 24.6 Å². The number of esters is 1. The quantitative estimate of drug-likeness (QED) is 0.314. The molecule has 4 aliphatic carbocycles. The number of rotatable bonds is 4. The average molecular weight is 506 g/mol. The summed E-state index contributed by atoms with van der Waals surface area (Å²) < 4.78 is 5.39. The highest BCUT2D eigenvalue weighted by atomic mass is 16.5. The van der Waals surface area contributed by atoms with Gasteiger partial charge in [-0.3, -0.25) is 14.4 Å². The van der Waals surface area contributed by atoms with E-state index in [2.05, 4.69) is 54.2 Å². The Kier molecular flexibility index (Phi) is 6.54. The first kappa shape index (κ1) is 27.6. The summed E-state index contributed by atoms with van der Waals surface area (Å²) >= 11 is 0. The van der Waals surface area contributed by atoms with Gasteiger partial charge in [-0.2, -0.15) is 5.26 Å². The minimum Gasteiger partial charge on any atom is -0.469 e. The molecule has 0 aliphatic heterocycles. The second kappa shape index (κ2) is 8.79. The molecule has 2 fully saturated rings. The van der Waals surface area contributed by atoms with Crippen molar-refractivity contribution in [2.24, 2.45) is 38.9 Å². The Bertz CT molecular complexity index is 1170. The maximum Gasteiger partial charge on any atom is 0.312 e. The van der Waals surface area contributed by atoms with Gasteiger partial charge in [-0.05, 0) is 90.2 Å². The summed E-state index contributed by atoms with van der Waals surface area (Å²) in [5, 5.41) is 9.68. The molecule has 0 N–H and O–H groups in total. The van der Waals surface area contributed by atoms with Crippen molar-refractivity contribution < 1.29 is 19.1 Å². The largest absolute Gasteiger partial charge is 0.469 e. The smallest absolute Gasteiger partial charge is 0.312 e. The molecule has 2 saturated carbocycles. The number of hydrogen-bond donors (Lipinski definition) is 0. The van der Waals surface area contributed by atoms with E-state index < -0.39 is 10.8 Å². The number of ether oxygens (including phenoxy) is 1. The van der Waals surface area contributed by atoms with Crippen molar-refractivity contribution in [1.82, 2.24) is 0 Å². The third-order valence-corrected chi connectivity index (χ3v) is 11.3. The highest BCUT2D eigenvalue weighted by Crippen LogP contribution is 2.68. The van der Waals surface area contributed by atoms with Gasteiger partial charge in [0.25, 0.3) is 0 Å². The number of fused-ring (bicyclic) bond motifs is 3. The molecule has 0 heterocycles. The minimum atomic E-state index is -0.609. The fourth-order valence-electron chi connectivity index (χ4n) is 8.65. The molecule has 0 radical (unpaired) electrons. The Hall–Kier alpha value is -2.48. The summed E-state index contributed by atoms with van der Waals surface area (Å²) in [6, 6.07) is 2.07. The molecule has 0 saturated heterocycles. The lowest BCUT2D eigenvalue weighted by atomic mass is 9.42. The summed E-state index contributed by atoms with van der Waals surface area (Å²) in [4.78, 5) is 39.4. The van der Waals surface area contributed by atoms with E-state index in [1.807, 2.05) is 0 Å². The lowest BCUT2D eigenvalue weighted by Gasteiger charge is -2.61. The molecule has 6 atom stereocenters. The Balaban J connectivity index is 1.73. The topological polar surface area (TPSA) is 84.2 Å². The van der Waals surface area contributed by atoms with Gasteiger partial charge < -0.3 is 4.74 Å². The van der Waals surface area contributed by atoms with Crippen molar-refractivity contribution in [1.29, 1.82) is 5.26 Å². The first-order valence-corrected chi connectivity index (χ1v) is 13.8. The van der Waals surface area contributed by atoms with Gasteiger partial charge in [-0.15, -0.1) is 0 Å². The predicted octanol–water partition coefficient (Wildman–Crippen LogP) is 6.69. The van der Waals surface area contributed by atoms with E-state index in [1.54, 1.807) is 12.2 Å². The Labute approximate surface area is 222 Å². The van der Waals surface area contributed by atoms with Crippen molar-refractivity contribution in [2.45, 2.75) is 92.9 Å². The van der Waals surface area contributed by atoms with Gasteiger partial charge >= 0.3 is 5.97 Å². The Morgan fingerprint density at radius 2 is 1.81 bits per heavy atom. The molecule has 0 aromatic carbocycles. The van der Waals surface area contributed by atoms with Crippen LogP contribution in [0.15, 0.2) is 35.5 Å². The van der Waals surface area contributed by atoms with Gasteiger partial charge in [-0.1, -0.05) is 54.2 Å². The van der Waals surface area contributed by atoms with Gasteiger partial charge in [0.2, 0.25) is 0 Å². The molecule has 4 aliphatic rings. The zero-order valence-corrected chi connectivity index (χ0v) is 23.8. The molecule has 0 spiro atoms. The second-order valence-electron chi connectivity index (χ2n) is 13.9. The molecule has 0 aromatic rings. The van der Waals surface area contributed by atoms with Gasteiger partial charge in [0.05, 0.1) is 18.1 Å². The number of methoxy groups -OCH3 is 1. The lowest BCUT2D eigenvalue weighted by Crippen LogP contribution is -2.54. The molecule has 200 valence electrons. The molecule has 0 amide bonds. The maximum absolute atomic E-state index is 13.3. The number of allylic oxidation sites excluding steroid dienone is 5. The Morgan fingerprint density at radius 3 is 2.41 bits per heavy atom. The third-order valence-electron chi connectivity index (χ3n) is 11.3. The summed E-state index contributed by atoms with van der Waals surface area (Å²) in [5.41, 5.74) is -0.0116. The fraction of sp³-hybridized carbons (Fsp3) is 0.688. The number of nitriles is 1. The number of carbonyl (C=O) groups excluding carboxylic acids is 3. The van der Waals surface area contributed by atoms with Crippen LogP contribution in [0.25, 0.3) is 0 Å². The standard InChI is InChI=1S/C32H43NO4/c1-20-16-28(3,4)11-13-32(20,27(36)37-8)14-12-29(5)18-23(34)15-25-30(6)17-22(19-33)26(35)21(2)24(30)9-10-31(25,29)7/h15,17,20,24H,2,9-14,16,18H2,1,3-8H3/t20?,24-,29+,30-,31+,32-/m0/s1. The molecule has 0 aromatic heterocycles. The highest BCUT2D eigenvalue weighted by Gasteiger charge is 2.61. The van der Waals surface area contributed by atoms with Crippen LogP contribution < -0.4 is 0 Å². The number of ketones is 2. The summed E-state index contributed by atoms with van der Waals surface area (Å²) in [5.74, 6) is -0.240.